The molecule has 1 saturated heterocycles. The Labute approximate surface area is 128 Å². The Kier molecular flexibility index (Phi) is 4.63. The van der Waals surface area contributed by atoms with Crippen LogP contribution in [0.15, 0.2) is 34.9 Å². The lowest BCUT2D eigenvalue weighted by Gasteiger charge is -2.04. The third kappa shape index (κ3) is 3.60. The van der Waals surface area contributed by atoms with E-state index in [2.05, 4.69) is 5.16 Å². The highest BCUT2D eigenvalue weighted by Gasteiger charge is 2.19. The average molecular weight is 303 g/mol. The SMILES string of the molecule is O=C(CCC1CCOC1)c1cc(Cc2ccccc2F)on1. The van der Waals surface area contributed by atoms with Gasteiger partial charge in [-0.25, -0.2) is 4.39 Å². The number of benzene rings is 1. The van der Waals surface area contributed by atoms with Crippen molar-refractivity contribution >= 4 is 5.78 Å². The summed E-state index contributed by atoms with van der Waals surface area (Å²) in [4.78, 5) is 12.1. The molecule has 0 N–H and O–H groups in total. The number of nitrogens with zero attached hydrogens (tertiary/aromatic N) is 1. The van der Waals surface area contributed by atoms with E-state index in [-0.39, 0.29) is 11.6 Å². The van der Waals surface area contributed by atoms with E-state index >= 15 is 0 Å². The molecule has 0 aliphatic carbocycles. The number of carbonyl (C=O) groups excluding carboxylic acids is 1. The molecule has 5 heteroatoms. The highest BCUT2D eigenvalue weighted by Crippen LogP contribution is 2.20. The van der Waals surface area contributed by atoms with Gasteiger partial charge in [-0.15, -0.1) is 0 Å². The molecule has 116 valence electrons. The van der Waals surface area contributed by atoms with Crippen molar-refractivity contribution in [2.75, 3.05) is 13.2 Å². The van der Waals surface area contributed by atoms with Crippen molar-refractivity contribution in [3.05, 3.63) is 53.2 Å². The predicted octanol–water partition coefficient (Wildman–Crippen LogP) is 3.40. The Bertz CT molecular complexity index is 647. The average Bonchev–Trinajstić information content (AvgIpc) is 3.19. The van der Waals surface area contributed by atoms with E-state index in [0.717, 1.165) is 26.1 Å². The number of hydrogen-bond acceptors (Lipinski definition) is 4. The number of ether oxygens (including phenoxy) is 1. The van der Waals surface area contributed by atoms with Crippen LogP contribution in [0.1, 0.15) is 41.1 Å². The van der Waals surface area contributed by atoms with Crippen molar-refractivity contribution in [2.24, 2.45) is 5.92 Å². The molecule has 1 fully saturated rings. The Hall–Kier alpha value is -2.01. The van der Waals surface area contributed by atoms with Crippen molar-refractivity contribution in [2.45, 2.75) is 25.7 Å². The molecule has 1 aliphatic rings. The summed E-state index contributed by atoms with van der Waals surface area (Å²) in [5.41, 5.74) is 0.853. The molecule has 0 spiro atoms. The summed E-state index contributed by atoms with van der Waals surface area (Å²) in [6.45, 7) is 1.53. The smallest absolute Gasteiger partial charge is 0.184 e. The van der Waals surface area contributed by atoms with E-state index in [9.17, 15) is 9.18 Å². The van der Waals surface area contributed by atoms with Crippen LogP contribution >= 0.6 is 0 Å². The largest absolute Gasteiger partial charge is 0.381 e. The minimum atomic E-state index is -0.284. The zero-order valence-corrected chi connectivity index (χ0v) is 12.3. The molecule has 1 aromatic carbocycles. The molecule has 0 radical (unpaired) electrons. The Morgan fingerprint density at radius 3 is 3.00 bits per heavy atom. The summed E-state index contributed by atoms with van der Waals surface area (Å²) in [6.07, 6.45) is 2.57. The first kappa shape index (κ1) is 14.9. The normalized spacial score (nSPS) is 17.8. The molecule has 0 bridgehead atoms. The maximum absolute atomic E-state index is 13.6. The van der Waals surface area contributed by atoms with Crippen LogP contribution in [-0.2, 0) is 11.2 Å². The molecule has 0 amide bonds. The van der Waals surface area contributed by atoms with Gasteiger partial charge in [0, 0.05) is 32.1 Å². The van der Waals surface area contributed by atoms with Gasteiger partial charge >= 0.3 is 0 Å². The molecular formula is C17H18FNO3. The molecule has 2 heterocycles. The van der Waals surface area contributed by atoms with E-state index in [1.165, 1.54) is 6.07 Å². The first-order valence-corrected chi connectivity index (χ1v) is 7.52. The molecule has 22 heavy (non-hydrogen) atoms. The van der Waals surface area contributed by atoms with Crippen LogP contribution in [-0.4, -0.2) is 24.2 Å². The van der Waals surface area contributed by atoms with Crippen LogP contribution in [0.4, 0.5) is 4.39 Å². The molecule has 1 aliphatic heterocycles. The van der Waals surface area contributed by atoms with Crippen LogP contribution in [0.5, 0.6) is 0 Å². The zero-order valence-electron chi connectivity index (χ0n) is 12.3. The maximum atomic E-state index is 13.6. The molecule has 2 aromatic rings. The Morgan fingerprint density at radius 1 is 1.36 bits per heavy atom. The molecule has 1 atom stereocenters. The minimum Gasteiger partial charge on any atom is -0.381 e. The lowest BCUT2D eigenvalue weighted by Crippen LogP contribution is -2.05. The number of Topliss-reactive ketones (excluding diaryl/α,β-unsaturated/α-hetero) is 1. The van der Waals surface area contributed by atoms with Crippen LogP contribution in [0.2, 0.25) is 0 Å². The standard InChI is InChI=1S/C17H18FNO3/c18-15-4-2-1-3-13(15)9-14-10-16(19-22-14)17(20)6-5-12-7-8-21-11-12/h1-4,10,12H,5-9,11H2. The van der Waals surface area contributed by atoms with Crippen molar-refractivity contribution in [3.63, 3.8) is 0 Å². The third-order valence-electron chi connectivity index (χ3n) is 3.97. The van der Waals surface area contributed by atoms with Crippen LogP contribution in [0, 0.1) is 11.7 Å². The summed E-state index contributed by atoms with van der Waals surface area (Å²) >= 11 is 0. The van der Waals surface area contributed by atoms with E-state index < -0.39 is 0 Å². The van der Waals surface area contributed by atoms with Crippen molar-refractivity contribution < 1.29 is 18.4 Å². The summed E-state index contributed by atoms with van der Waals surface area (Å²) in [7, 11) is 0. The number of aromatic nitrogens is 1. The van der Waals surface area contributed by atoms with Gasteiger partial charge < -0.3 is 9.26 Å². The molecule has 4 nitrogen and oxygen atoms in total. The predicted molar refractivity (Wildman–Crippen MR) is 78.2 cm³/mol. The van der Waals surface area contributed by atoms with Crippen molar-refractivity contribution in [1.82, 2.24) is 5.16 Å². The molecule has 0 saturated carbocycles. The van der Waals surface area contributed by atoms with Gasteiger partial charge in [-0.1, -0.05) is 23.4 Å². The Morgan fingerprint density at radius 2 is 2.23 bits per heavy atom. The van der Waals surface area contributed by atoms with Gasteiger partial charge in [0.15, 0.2) is 5.78 Å². The van der Waals surface area contributed by atoms with Crippen LogP contribution in [0.3, 0.4) is 0 Å². The summed E-state index contributed by atoms with van der Waals surface area (Å²) in [6, 6.07) is 8.12. The topological polar surface area (TPSA) is 52.3 Å². The number of carbonyl (C=O) groups is 1. The van der Waals surface area contributed by atoms with Gasteiger partial charge in [0.1, 0.15) is 17.3 Å². The lowest BCUT2D eigenvalue weighted by molar-refractivity contribution is 0.0962. The summed E-state index contributed by atoms with van der Waals surface area (Å²) < 4.78 is 24.0. The molecule has 1 unspecified atom stereocenters. The first-order chi connectivity index (χ1) is 10.7. The second kappa shape index (κ2) is 6.83. The second-order valence-corrected chi connectivity index (χ2v) is 5.64. The number of ketones is 1. The lowest BCUT2D eigenvalue weighted by atomic mass is 10.00. The summed E-state index contributed by atoms with van der Waals surface area (Å²) in [5, 5.41) is 3.81. The highest BCUT2D eigenvalue weighted by molar-refractivity contribution is 5.94. The van der Waals surface area contributed by atoms with E-state index in [0.29, 0.717) is 35.8 Å². The van der Waals surface area contributed by atoms with E-state index in [1.54, 1.807) is 24.3 Å². The Balaban J connectivity index is 1.58. The van der Waals surface area contributed by atoms with Crippen LogP contribution < -0.4 is 0 Å². The van der Waals surface area contributed by atoms with Gasteiger partial charge in [0.05, 0.1) is 0 Å². The second-order valence-electron chi connectivity index (χ2n) is 5.64. The van der Waals surface area contributed by atoms with E-state index in [4.69, 9.17) is 9.26 Å². The zero-order chi connectivity index (χ0) is 15.4. The van der Waals surface area contributed by atoms with Crippen LogP contribution in [0.25, 0.3) is 0 Å². The fraction of sp³-hybridized carbons (Fsp3) is 0.412. The molecule has 3 rings (SSSR count). The van der Waals surface area contributed by atoms with E-state index in [1.807, 2.05) is 0 Å². The van der Waals surface area contributed by atoms with Gasteiger partial charge in [-0.3, -0.25) is 4.79 Å². The van der Waals surface area contributed by atoms with Gasteiger partial charge in [0.2, 0.25) is 0 Å². The van der Waals surface area contributed by atoms with Gasteiger partial charge in [-0.2, -0.15) is 0 Å². The van der Waals surface area contributed by atoms with Gasteiger partial charge in [0.25, 0.3) is 0 Å². The molecule has 1 aromatic heterocycles. The maximum Gasteiger partial charge on any atom is 0.184 e. The van der Waals surface area contributed by atoms with Crippen molar-refractivity contribution in [3.8, 4) is 0 Å². The fourth-order valence-electron chi connectivity index (χ4n) is 2.63. The number of hydrogen-bond donors (Lipinski definition) is 0. The minimum absolute atomic E-state index is 0.0320. The monoisotopic (exact) mass is 303 g/mol. The number of rotatable bonds is 6. The number of halogens is 1. The highest BCUT2D eigenvalue weighted by atomic mass is 19.1. The fourth-order valence-corrected chi connectivity index (χ4v) is 2.63. The van der Waals surface area contributed by atoms with Gasteiger partial charge in [-0.05, 0) is 30.4 Å². The molecular weight excluding hydrogens is 285 g/mol. The third-order valence-corrected chi connectivity index (χ3v) is 3.97. The first-order valence-electron chi connectivity index (χ1n) is 7.52. The van der Waals surface area contributed by atoms with Crippen molar-refractivity contribution in [1.29, 1.82) is 0 Å². The quantitative estimate of drug-likeness (QED) is 0.767. The summed E-state index contributed by atoms with van der Waals surface area (Å²) in [5.74, 6) is 0.648.